The Labute approximate surface area is 186 Å². The minimum atomic E-state index is -3.95. The number of carbonyl (C=O) groups excluding carboxylic acids is 1. The van der Waals surface area contributed by atoms with Crippen LogP contribution in [0.3, 0.4) is 0 Å². The maximum absolute atomic E-state index is 13.2. The van der Waals surface area contributed by atoms with Gasteiger partial charge < -0.3 is 4.90 Å². The van der Waals surface area contributed by atoms with Gasteiger partial charge >= 0.3 is 0 Å². The number of allylic oxidation sites excluding steroid dienone is 1. The molecule has 0 fully saturated rings. The molecular weight excluding hydrogens is 432 g/mol. The van der Waals surface area contributed by atoms with Crippen LogP contribution in [0.1, 0.15) is 16.7 Å². The average molecular weight is 451 g/mol. The van der Waals surface area contributed by atoms with Crippen LogP contribution < -0.4 is 4.90 Å². The smallest absolute Gasteiger partial charge is 0.282 e. The van der Waals surface area contributed by atoms with Crippen molar-refractivity contribution in [1.82, 2.24) is 0 Å². The van der Waals surface area contributed by atoms with Crippen LogP contribution in [0.4, 0.5) is 5.69 Å². The molecule has 1 heterocycles. The zero-order valence-corrected chi connectivity index (χ0v) is 18.5. The third-order valence-electron chi connectivity index (χ3n) is 5.12. The highest BCUT2D eigenvalue weighted by Crippen LogP contribution is 2.43. The zero-order chi connectivity index (χ0) is 22.2. The fourth-order valence-corrected chi connectivity index (χ4v) is 4.58. The Morgan fingerprint density at radius 3 is 2.32 bits per heavy atom. The molecule has 3 aromatic carbocycles. The van der Waals surface area contributed by atoms with Gasteiger partial charge in [-0.25, -0.2) is 0 Å². The highest BCUT2D eigenvalue weighted by Gasteiger charge is 2.34. The fraction of sp³-hybridized carbons (Fsp3) is 0.0833. The van der Waals surface area contributed by atoms with Gasteiger partial charge in [-0.3, -0.25) is 4.79 Å². The van der Waals surface area contributed by atoms with E-state index in [-0.39, 0.29) is 10.8 Å². The number of fused-ring (bicyclic) bond motifs is 1. The molecule has 0 atom stereocenters. The highest BCUT2D eigenvalue weighted by atomic mass is 35.5. The van der Waals surface area contributed by atoms with Gasteiger partial charge in [-0.05, 0) is 36.8 Å². The Bertz CT molecular complexity index is 1330. The lowest BCUT2D eigenvalue weighted by Crippen LogP contribution is -2.21. The molecule has 0 saturated carbocycles. The standard InChI is InChI=1S/C24H19ClN2O3S/c1-16-11-13-18(14-12-16)31(29,30)26-15-19(17-7-4-3-5-8-17)22-23-20(25)9-6-10-21(23)27(2)24(22)28/h3-15H,1-2H3/b22-19+,26-15-. The molecule has 0 unspecified atom stereocenters. The number of carbonyl (C=O) groups is 1. The molecule has 0 spiro atoms. The largest absolute Gasteiger partial charge is 0.311 e. The van der Waals surface area contributed by atoms with Crippen molar-refractivity contribution in [1.29, 1.82) is 0 Å². The van der Waals surface area contributed by atoms with E-state index in [9.17, 15) is 13.2 Å². The number of hydrogen-bond donors (Lipinski definition) is 0. The van der Waals surface area contributed by atoms with E-state index in [0.29, 0.717) is 33.0 Å². The average Bonchev–Trinajstić information content (AvgIpc) is 3.01. The quantitative estimate of drug-likeness (QED) is 0.415. The van der Waals surface area contributed by atoms with Crippen molar-refractivity contribution >= 4 is 50.6 Å². The summed E-state index contributed by atoms with van der Waals surface area (Å²) in [5, 5.41) is 0.411. The number of hydrogen-bond acceptors (Lipinski definition) is 3. The predicted octanol–water partition coefficient (Wildman–Crippen LogP) is 5.00. The molecule has 1 amide bonds. The third-order valence-corrected chi connectivity index (χ3v) is 6.68. The van der Waals surface area contributed by atoms with Crippen LogP contribution in [-0.4, -0.2) is 27.6 Å². The molecule has 1 aliphatic rings. The van der Waals surface area contributed by atoms with Crippen molar-refractivity contribution in [3.05, 3.63) is 94.5 Å². The van der Waals surface area contributed by atoms with E-state index in [1.165, 1.54) is 23.2 Å². The van der Waals surface area contributed by atoms with E-state index in [0.717, 1.165) is 5.56 Å². The first-order chi connectivity index (χ1) is 14.8. The summed E-state index contributed by atoms with van der Waals surface area (Å²) in [4.78, 5) is 14.7. The van der Waals surface area contributed by atoms with E-state index in [4.69, 9.17) is 11.6 Å². The van der Waals surface area contributed by atoms with Crippen LogP contribution in [0.25, 0.3) is 11.1 Å². The first-order valence-corrected chi connectivity index (χ1v) is 11.3. The lowest BCUT2D eigenvalue weighted by molar-refractivity contribution is -0.112. The molecule has 4 rings (SSSR count). The number of likely N-dealkylation sites (N-methyl/N-ethyl adjacent to an activating group) is 1. The maximum Gasteiger partial charge on any atom is 0.282 e. The summed E-state index contributed by atoms with van der Waals surface area (Å²) in [5.41, 5.74) is 3.54. The summed E-state index contributed by atoms with van der Waals surface area (Å²) in [6.07, 6.45) is 1.24. The van der Waals surface area contributed by atoms with Crippen LogP contribution in [0, 0.1) is 6.92 Å². The molecule has 0 radical (unpaired) electrons. The van der Waals surface area contributed by atoms with Gasteiger partial charge in [0.2, 0.25) is 0 Å². The number of nitrogens with zero attached hydrogens (tertiary/aromatic N) is 2. The Kier molecular flexibility index (Phi) is 5.52. The summed E-state index contributed by atoms with van der Waals surface area (Å²) in [5.74, 6) is -0.277. The SMILES string of the molecule is Cc1ccc(S(=O)(=O)/N=C\C(=C2/C(=O)N(C)c3cccc(Cl)c32)c2ccccc2)cc1. The summed E-state index contributed by atoms with van der Waals surface area (Å²) < 4.78 is 29.5. The minimum Gasteiger partial charge on any atom is -0.311 e. The Balaban J connectivity index is 1.93. The molecule has 1 aliphatic heterocycles. The number of aryl methyl sites for hydroxylation is 1. The minimum absolute atomic E-state index is 0.0834. The molecule has 0 bridgehead atoms. The molecule has 0 aliphatic carbocycles. The second-order valence-electron chi connectivity index (χ2n) is 7.18. The van der Waals surface area contributed by atoms with Crippen molar-refractivity contribution in [3.63, 3.8) is 0 Å². The first kappa shape index (κ1) is 21.0. The van der Waals surface area contributed by atoms with Gasteiger partial charge in [0.1, 0.15) is 0 Å². The molecular formula is C24H19ClN2O3S. The van der Waals surface area contributed by atoms with Gasteiger partial charge in [-0.1, -0.05) is 65.7 Å². The molecule has 31 heavy (non-hydrogen) atoms. The van der Waals surface area contributed by atoms with Crippen LogP contribution in [0.15, 0.2) is 82.1 Å². The van der Waals surface area contributed by atoms with Gasteiger partial charge in [0.25, 0.3) is 15.9 Å². The lowest BCUT2D eigenvalue weighted by atomic mass is 9.96. The van der Waals surface area contributed by atoms with Crippen LogP contribution in [0.5, 0.6) is 0 Å². The first-order valence-electron chi connectivity index (χ1n) is 9.53. The van der Waals surface area contributed by atoms with Crippen LogP contribution in [-0.2, 0) is 14.8 Å². The predicted molar refractivity (Wildman–Crippen MR) is 125 cm³/mol. The van der Waals surface area contributed by atoms with Crippen molar-refractivity contribution < 1.29 is 13.2 Å². The normalized spacial score (nSPS) is 15.5. The monoisotopic (exact) mass is 450 g/mol. The summed E-state index contributed by atoms with van der Waals surface area (Å²) in [6.45, 7) is 1.88. The number of amides is 1. The lowest BCUT2D eigenvalue weighted by Gasteiger charge is -2.09. The number of sulfonamides is 1. The highest BCUT2D eigenvalue weighted by molar-refractivity contribution is 7.90. The topological polar surface area (TPSA) is 66.8 Å². The zero-order valence-electron chi connectivity index (χ0n) is 16.9. The second-order valence-corrected chi connectivity index (χ2v) is 9.22. The van der Waals surface area contributed by atoms with Gasteiger partial charge in [0.05, 0.1) is 21.2 Å². The third kappa shape index (κ3) is 3.92. The molecule has 5 nitrogen and oxygen atoms in total. The van der Waals surface area contributed by atoms with Crippen molar-refractivity contribution in [2.75, 3.05) is 11.9 Å². The summed E-state index contributed by atoms with van der Waals surface area (Å²) >= 11 is 6.45. The molecule has 0 N–H and O–H groups in total. The van der Waals surface area contributed by atoms with Crippen LogP contribution in [0.2, 0.25) is 5.02 Å². The summed E-state index contributed by atoms with van der Waals surface area (Å²) in [6, 6.07) is 20.8. The summed E-state index contributed by atoms with van der Waals surface area (Å²) in [7, 11) is -2.29. The second kappa shape index (κ2) is 8.13. The number of anilines is 1. The molecule has 156 valence electrons. The Morgan fingerprint density at radius 2 is 1.65 bits per heavy atom. The maximum atomic E-state index is 13.2. The van der Waals surface area contributed by atoms with Gasteiger partial charge in [-0.15, -0.1) is 0 Å². The Morgan fingerprint density at radius 1 is 0.968 bits per heavy atom. The van der Waals surface area contributed by atoms with Crippen molar-refractivity contribution in [2.24, 2.45) is 4.40 Å². The number of benzene rings is 3. The van der Waals surface area contributed by atoms with Gasteiger partial charge in [0.15, 0.2) is 0 Å². The van der Waals surface area contributed by atoms with Gasteiger partial charge in [0, 0.05) is 24.4 Å². The van der Waals surface area contributed by atoms with Crippen LogP contribution >= 0.6 is 11.6 Å². The van der Waals surface area contributed by atoms with Crippen molar-refractivity contribution in [2.45, 2.75) is 11.8 Å². The molecule has 3 aromatic rings. The van der Waals surface area contributed by atoms with E-state index in [2.05, 4.69) is 4.40 Å². The van der Waals surface area contributed by atoms with E-state index < -0.39 is 10.0 Å². The van der Waals surface area contributed by atoms with E-state index >= 15 is 0 Å². The number of rotatable bonds is 4. The molecule has 0 saturated heterocycles. The fourth-order valence-electron chi connectivity index (χ4n) is 3.47. The van der Waals surface area contributed by atoms with Crippen molar-refractivity contribution in [3.8, 4) is 0 Å². The van der Waals surface area contributed by atoms with E-state index in [1.807, 2.05) is 25.1 Å². The number of halogens is 1. The Hall–Kier alpha value is -3.22. The van der Waals surface area contributed by atoms with Gasteiger partial charge in [-0.2, -0.15) is 12.8 Å². The van der Waals surface area contributed by atoms with E-state index in [1.54, 1.807) is 49.5 Å². The molecule has 7 heteroatoms. The molecule has 0 aromatic heterocycles.